The SMILES string of the molecule is CN(CCCN)C(=O)[C@@H]1CCCO1. The maximum Gasteiger partial charge on any atom is 0.251 e. The minimum absolute atomic E-state index is 0.103. The molecule has 0 unspecified atom stereocenters. The van der Waals surface area contributed by atoms with Crippen molar-refractivity contribution >= 4 is 5.91 Å². The average Bonchev–Trinajstić information content (AvgIpc) is 2.65. The minimum Gasteiger partial charge on any atom is -0.368 e. The van der Waals surface area contributed by atoms with Gasteiger partial charge in [0.1, 0.15) is 6.10 Å². The van der Waals surface area contributed by atoms with Crippen LogP contribution >= 0.6 is 0 Å². The third-order valence-corrected chi connectivity index (χ3v) is 2.28. The highest BCUT2D eigenvalue weighted by Gasteiger charge is 2.25. The van der Waals surface area contributed by atoms with Crippen molar-refractivity contribution < 1.29 is 9.53 Å². The first-order valence-corrected chi connectivity index (χ1v) is 4.82. The Hall–Kier alpha value is -0.610. The van der Waals surface area contributed by atoms with Crippen LogP contribution in [0.5, 0.6) is 0 Å². The van der Waals surface area contributed by atoms with Crippen LogP contribution < -0.4 is 5.73 Å². The topological polar surface area (TPSA) is 55.6 Å². The Kier molecular flexibility index (Phi) is 4.18. The van der Waals surface area contributed by atoms with E-state index in [-0.39, 0.29) is 12.0 Å². The zero-order chi connectivity index (χ0) is 9.68. The molecule has 1 fully saturated rings. The quantitative estimate of drug-likeness (QED) is 0.671. The van der Waals surface area contributed by atoms with Crippen LogP contribution in [-0.4, -0.2) is 43.7 Å². The van der Waals surface area contributed by atoms with Gasteiger partial charge in [0.15, 0.2) is 0 Å². The normalized spacial score (nSPS) is 21.8. The van der Waals surface area contributed by atoms with E-state index in [1.54, 1.807) is 11.9 Å². The lowest BCUT2D eigenvalue weighted by Gasteiger charge is -2.19. The number of nitrogens with zero attached hydrogens (tertiary/aromatic N) is 1. The van der Waals surface area contributed by atoms with Crippen molar-refractivity contribution in [3.63, 3.8) is 0 Å². The van der Waals surface area contributed by atoms with Gasteiger partial charge in [-0.2, -0.15) is 0 Å². The summed E-state index contributed by atoms with van der Waals surface area (Å²) >= 11 is 0. The lowest BCUT2D eigenvalue weighted by Crippen LogP contribution is -2.37. The summed E-state index contributed by atoms with van der Waals surface area (Å²) in [4.78, 5) is 13.3. The van der Waals surface area contributed by atoms with E-state index in [9.17, 15) is 4.79 Å². The van der Waals surface area contributed by atoms with Crippen molar-refractivity contribution in [2.75, 3.05) is 26.7 Å². The van der Waals surface area contributed by atoms with E-state index in [1.807, 2.05) is 0 Å². The number of carbonyl (C=O) groups is 1. The molecule has 4 heteroatoms. The van der Waals surface area contributed by atoms with Crippen LogP contribution in [0.4, 0.5) is 0 Å². The number of hydrogen-bond donors (Lipinski definition) is 1. The van der Waals surface area contributed by atoms with E-state index in [0.717, 1.165) is 32.4 Å². The van der Waals surface area contributed by atoms with Crippen LogP contribution in [0.25, 0.3) is 0 Å². The molecule has 0 saturated carbocycles. The monoisotopic (exact) mass is 186 g/mol. The van der Waals surface area contributed by atoms with Gasteiger partial charge in [-0.3, -0.25) is 4.79 Å². The van der Waals surface area contributed by atoms with E-state index in [2.05, 4.69) is 0 Å². The van der Waals surface area contributed by atoms with Gasteiger partial charge < -0.3 is 15.4 Å². The Balaban J connectivity index is 2.28. The molecular weight excluding hydrogens is 168 g/mol. The molecule has 4 nitrogen and oxygen atoms in total. The van der Waals surface area contributed by atoms with Gasteiger partial charge in [-0.1, -0.05) is 0 Å². The Morgan fingerprint density at radius 3 is 3.00 bits per heavy atom. The third kappa shape index (κ3) is 2.97. The third-order valence-electron chi connectivity index (χ3n) is 2.28. The number of ether oxygens (including phenoxy) is 1. The van der Waals surface area contributed by atoms with Crippen LogP contribution in [0.2, 0.25) is 0 Å². The predicted molar refractivity (Wildman–Crippen MR) is 50.3 cm³/mol. The Labute approximate surface area is 79.0 Å². The van der Waals surface area contributed by atoms with Gasteiger partial charge in [0.05, 0.1) is 0 Å². The Bertz CT molecular complexity index is 167. The second-order valence-electron chi connectivity index (χ2n) is 3.40. The van der Waals surface area contributed by atoms with Crippen LogP contribution in [0.15, 0.2) is 0 Å². The van der Waals surface area contributed by atoms with Gasteiger partial charge in [-0.25, -0.2) is 0 Å². The van der Waals surface area contributed by atoms with Gasteiger partial charge in [-0.05, 0) is 25.8 Å². The molecule has 1 rings (SSSR count). The van der Waals surface area contributed by atoms with E-state index >= 15 is 0 Å². The fraction of sp³-hybridized carbons (Fsp3) is 0.889. The van der Waals surface area contributed by atoms with Crippen LogP contribution in [0, 0.1) is 0 Å². The molecule has 2 N–H and O–H groups in total. The van der Waals surface area contributed by atoms with Crippen molar-refractivity contribution in [3.05, 3.63) is 0 Å². The highest BCUT2D eigenvalue weighted by molar-refractivity contribution is 5.80. The Morgan fingerprint density at radius 1 is 1.69 bits per heavy atom. The maximum atomic E-state index is 11.6. The highest BCUT2D eigenvalue weighted by Crippen LogP contribution is 2.13. The molecule has 0 aromatic rings. The molecule has 0 aromatic carbocycles. The van der Waals surface area contributed by atoms with Crippen molar-refractivity contribution in [1.82, 2.24) is 4.90 Å². The molecule has 0 spiro atoms. The van der Waals surface area contributed by atoms with E-state index in [1.165, 1.54) is 0 Å². The summed E-state index contributed by atoms with van der Waals surface area (Å²) in [6.45, 7) is 2.08. The lowest BCUT2D eigenvalue weighted by atomic mass is 10.2. The molecular formula is C9H18N2O2. The Morgan fingerprint density at radius 2 is 2.46 bits per heavy atom. The van der Waals surface area contributed by atoms with Gasteiger partial charge in [0, 0.05) is 20.2 Å². The maximum absolute atomic E-state index is 11.6. The molecule has 76 valence electrons. The zero-order valence-corrected chi connectivity index (χ0v) is 8.16. The first kappa shape index (κ1) is 10.5. The van der Waals surface area contributed by atoms with E-state index in [0.29, 0.717) is 6.54 Å². The van der Waals surface area contributed by atoms with Gasteiger partial charge in [-0.15, -0.1) is 0 Å². The van der Waals surface area contributed by atoms with Crippen LogP contribution in [0.1, 0.15) is 19.3 Å². The van der Waals surface area contributed by atoms with Gasteiger partial charge >= 0.3 is 0 Å². The molecule has 0 bridgehead atoms. The number of carbonyl (C=O) groups excluding carboxylic acids is 1. The summed E-state index contributed by atoms with van der Waals surface area (Å²) < 4.78 is 5.29. The largest absolute Gasteiger partial charge is 0.368 e. The molecule has 1 aliphatic heterocycles. The first-order chi connectivity index (χ1) is 6.25. The van der Waals surface area contributed by atoms with E-state index in [4.69, 9.17) is 10.5 Å². The summed E-state index contributed by atoms with van der Waals surface area (Å²) in [7, 11) is 1.81. The smallest absolute Gasteiger partial charge is 0.251 e. The molecule has 1 heterocycles. The standard InChI is InChI=1S/C9H18N2O2/c1-11(6-3-5-10)9(12)8-4-2-7-13-8/h8H,2-7,10H2,1H3/t8-/m0/s1. The van der Waals surface area contributed by atoms with Crippen molar-refractivity contribution in [1.29, 1.82) is 0 Å². The highest BCUT2D eigenvalue weighted by atomic mass is 16.5. The lowest BCUT2D eigenvalue weighted by molar-refractivity contribution is -0.139. The number of hydrogen-bond acceptors (Lipinski definition) is 3. The fourth-order valence-electron chi connectivity index (χ4n) is 1.46. The zero-order valence-electron chi connectivity index (χ0n) is 8.16. The molecule has 1 atom stereocenters. The first-order valence-electron chi connectivity index (χ1n) is 4.82. The summed E-state index contributed by atoms with van der Waals surface area (Å²) in [6, 6.07) is 0. The summed E-state index contributed by atoms with van der Waals surface area (Å²) in [5.74, 6) is 0.103. The molecule has 13 heavy (non-hydrogen) atoms. The molecule has 1 amide bonds. The second-order valence-corrected chi connectivity index (χ2v) is 3.40. The number of likely N-dealkylation sites (N-methyl/N-ethyl adjacent to an activating group) is 1. The number of rotatable bonds is 4. The summed E-state index contributed by atoms with van der Waals surface area (Å²) in [5.41, 5.74) is 5.36. The van der Waals surface area contributed by atoms with Crippen LogP contribution in [0.3, 0.4) is 0 Å². The molecule has 0 aliphatic carbocycles. The van der Waals surface area contributed by atoms with Gasteiger partial charge in [0.2, 0.25) is 0 Å². The van der Waals surface area contributed by atoms with E-state index < -0.39 is 0 Å². The molecule has 0 radical (unpaired) electrons. The van der Waals surface area contributed by atoms with Crippen molar-refractivity contribution in [2.45, 2.75) is 25.4 Å². The fourth-order valence-corrected chi connectivity index (χ4v) is 1.46. The van der Waals surface area contributed by atoms with Crippen LogP contribution in [-0.2, 0) is 9.53 Å². The second kappa shape index (κ2) is 5.19. The average molecular weight is 186 g/mol. The summed E-state index contributed by atoms with van der Waals surface area (Å²) in [5, 5.41) is 0. The van der Waals surface area contributed by atoms with Crippen molar-refractivity contribution in [2.24, 2.45) is 5.73 Å². The number of nitrogens with two attached hydrogens (primary N) is 1. The molecule has 1 saturated heterocycles. The van der Waals surface area contributed by atoms with Gasteiger partial charge in [0.25, 0.3) is 5.91 Å². The minimum atomic E-state index is -0.192. The summed E-state index contributed by atoms with van der Waals surface area (Å²) in [6.07, 6.45) is 2.53. The predicted octanol–water partition coefficient (Wildman–Crippen LogP) is -0.0274. The molecule has 0 aromatic heterocycles. The van der Waals surface area contributed by atoms with Crippen molar-refractivity contribution in [3.8, 4) is 0 Å². The number of amides is 1. The molecule has 1 aliphatic rings.